The summed E-state index contributed by atoms with van der Waals surface area (Å²) < 4.78 is 4.74. The van der Waals surface area contributed by atoms with Crippen LogP contribution in [-0.2, 0) is 38.5 Å². The number of carboxylic acids is 1. The van der Waals surface area contributed by atoms with Crippen molar-refractivity contribution >= 4 is 12.1 Å². The van der Waals surface area contributed by atoms with Gasteiger partial charge in [-0.2, -0.15) is 0 Å². The van der Waals surface area contributed by atoms with Crippen molar-refractivity contribution in [2.24, 2.45) is 0 Å². The summed E-state index contributed by atoms with van der Waals surface area (Å²) in [6.07, 6.45) is -0.775. The van der Waals surface area contributed by atoms with Gasteiger partial charge >= 0.3 is 28.5 Å². The number of rotatable bonds is 4. The molecule has 0 aliphatic rings. The zero-order chi connectivity index (χ0) is 11.1. The maximum Gasteiger partial charge on any atom is 1.00 e. The molecule has 1 amide bonds. The van der Waals surface area contributed by atoms with Gasteiger partial charge in [-0.1, -0.05) is 30.3 Å². The SMILES string of the molecule is O=C([O-])CNC(=O)OCc1ccccc1.[Ag+]. The van der Waals surface area contributed by atoms with Gasteiger partial charge in [0, 0.05) is 0 Å². The molecule has 0 saturated heterocycles. The van der Waals surface area contributed by atoms with E-state index in [1.165, 1.54) is 0 Å². The van der Waals surface area contributed by atoms with Gasteiger partial charge in [0.05, 0.1) is 12.5 Å². The van der Waals surface area contributed by atoms with Crippen LogP contribution in [0.4, 0.5) is 4.79 Å². The number of carboxylic acid groups (broad SMARTS) is 1. The molecule has 1 N–H and O–H groups in total. The van der Waals surface area contributed by atoms with Crippen LogP contribution in [0.5, 0.6) is 0 Å². The number of carbonyl (C=O) groups excluding carboxylic acids is 2. The van der Waals surface area contributed by atoms with Crippen molar-refractivity contribution in [3.05, 3.63) is 35.9 Å². The molecule has 1 aromatic carbocycles. The molecule has 0 aromatic heterocycles. The van der Waals surface area contributed by atoms with Crippen LogP contribution in [0.15, 0.2) is 30.3 Å². The van der Waals surface area contributed by atoms with Crippen molar-refractivity contribution in [3.8, 4) is 0 Å². The second kappa shape index (κ2) is 7.92. The van der Waals surface area contributed by atoms with Gasteiger partial charge in [-0.15, -0.1) is 0 Å². The van der Waals surface area contributed by atoms with Crippen molar-refractivity contribution in [1.82, 2.24) is 5.32 Å². The molecular weight excluding hydrogens is 306 g/mol. The molecule has 1 aromatic rings. The fourth-order valence-corrected chi connectivity index (χ4v) is 0.918. The Morgan fingerprint density at radius 2 is 1.88 bits per heavy atom. The van der Waals surface area contributed by atoms with Crippen molar-refractivity contribution in [2.75, 3.05) is 6.54 Å². The summed E-state index contributed by atoms with van der Waals surface area (Å²) in [6, 6.07) is 9.08. The van der Waals surface area contributed by atoms with E-state index in [-0.39, 0.29) is 29.0 Å². The third-order valence-corrected chi connectivity index (χ3v) is 1.59. The average molecular weight is 316 g/mol. The van der Waals surface area contributed by atoms with Crippen molar-refractivity contribution in [3.63, 3.8) is 0 Å². The second-order valence-corrected chi connectivity index (χ2v) is 2.79. The molecule has 0 spiro atoms. The summed E-state index contributed by atoms with van der Waals surface area (Å²) in [7, 11) is 0. The van der Waals surface area contributed by atoms with E-state index in [0.717, 1.165) is 5.56 Å². The first-order chi connectivity index (χ1) is 7.18. The molecule has 5 nitrogen and oxygen atoms in total. The Balaban J connectivity index is 0.00000225. The van der Waals surface area contributed by atoms with Gasteiger partial charge in [-0.25, -0.2) is 4.79 Å². The minimum atomic E-state index is -1.35. The molecule has 0 aliphatic carbocycles. The molecule has 16 heavy (non-hydrogen) atoms. The molecule has 0 bridgehead atoms. The number of benzene rings is 1. The molecule has 6 heteroatoms. The molecule has 90 valence electrons. The minimum Gasteiger partial charge on any atom is -0.548 e. The van der Waals surface area contributed by atoms with E-state index in [1.807, 2.05) is 23.5 Å². The second-order valence-electron chi connectivity index (χ2n) is 2.79. The number of ether oxygens (including phenoxy) is 1. The number of aliphatic carboxylic acids is 1. The molecule has 1 rings (SSSR count). The summed E-state index contributed by atoms with van der Waals surface area (Å²) in [6.45, 7) is -0.437. The van der Waals surface area contributed by atoms with E-state index in [9.17, 15) is 14.7 Å². The zero-order valence-electron chi connectivity index (χ0n) is 8.24. The Kier molecular flexibility index (Phi) is 7.28. The number of nitrogens with one attached hydrogen (secondary N) is 1. The summed E-state index contributed by atoms with van der Waals surface area (Å²) >= 11 is 0. The zero-order valence-corrected chi connectivity index (χ0v) is 9.72. The number of alkyl carbamates (subject to hydrolysis) is 1. The van der Waals surface area contributed by atoms with Crippen molar-refractivity contribution in [2.45, 2.75) is 6.61 Å². The van der Waals surface area contributed by atoms with E-state index in [2.05, 4.69) is 0 Å². The summed E-state index contributed by atoms with van der Waals surface area (Å²) in [5.74, 6) is -1.35. The average Bonchev–Trinajstić information content (AvgIpc) is 2.25. The largest absolute Gasteiger partial charge is 1.00 e. The Hall–Kier alpha value is -1.30. The molecule has 0 radical (unpaired) electrons. The standard InChI is InChI=1S/C10H11NO4.Ag/c12-9(13)6-11-10(14)15-7-8-4-2-1-3-5-8;/h1-5H,6-7H2,(H,11,14)(H,12,13);/q;+1/p-1. The maximum atomic E-state index is 10.9. The van der Waals surface area contributed by atoms with Gasteiger partial charge in [0.1, 0.15) is 6.61 Å². The molecule has 0 saturated carbocycles. The molecule has 0 aliphatic heterocycles. The third-order valence-electron chi connectivity index (χ3n) is 1.59. The number of amides is 1. The summed E-state index contributed by atoms with van der Waals surface area (Å²) in [5.41, 5.74) is 0.834. The van der Waals surface area contributed by atoms with Crippen LogP contribution >= 0.6 is 0 Å². The van der Waals surface area contributed by atoms with Gasteiger partial charge < -0.3 is 20.0 Å². The number of hydrogen-bond donors (Lipinski definition) is 1. The predicted molar refractivity (Wildman–Crippen MR) is 49.6 cm³/mol. The number of hydrogen-bond acceptors (Lipinski definition) is 4. The quantitative estimate of drug-likeness (QED) is 0.771. The van der Waals surface area contributed by atoms with Gasteiger partial charge in [-0.3, -0.25) is 0 Å². The monoisotopic (exact) mass is 315 g/mol. The van der Waals surface area contributed by atoms with E-state index in [4.69, 9.17) is 4.74 Å². The van der Waals surface area contributed by atoms with Crippen LogP contribution in [0.25, 0.3) is 0 Å². The van der Waals surface area contributed by atoms with Crippen molar-refractivity contribution < 1.29 is 41.8 Å². The van der Waals surface area contributed by atoms with E-state index in [1.54, 1.807) is 12.1 Å². The molecule has 0 atom stereocenters. The minimum absolute atomic E-state index is 0. The van der Waals surface area contributed by atoms with E-state index in [0.29, 0.717) is 0 Å². The molecule has 0 fully saturated rings. The first-order valence-corrected chi connectivity index (χ1v) is 4.33. The van der Waals surface area contributed by atoms with Gasteiger partial charge in [0.15, 0.2) is 0 Å². The van der Waals surface area contributed by atoms with Crippen LogP contribution in [0.1, 0.15) is 5.56 Å². The summed E-state index contributed by atoms with van der Waals surface area (Å²) in [5, 5.41) is 12.0. The third kappa shape index (κ3) is 6.23. The first kappa shape index (κ1) is 14.7. The molecule has 0 heterocycles. The van der Waals surface area contributed by atoms with Gasteiger partial charge in [0.2, 0.25) is 0 Å². The fraction of sp³-hybridized carbons (Fsp3) is 0.200. The van der Waals surface area contributed by atoms with Crippen LogP contribution in [-0.4, -0.2) is 18.6 Å². The Bertz CT molecular complexity index is 342. The van der Waals surface area contributed by atoms with E-state index >= 15 is 0 Å². The Labute approximate surface area is 108 Å². The predicted octanol–water partition coefficient (Wildman–Crippen LogP) is -0.340. The normalized spacial score (nSPS) is 8.75. The van der Waals surface area contributed by atoms with E-state index < -0.39 is 18.6 Å². The maximum absolute atomic E-state index is 10.9. The Morgan fingerprint density at radius 3 is 2.44 bits per heavy atom. The van der Waals surface area contributed by atoms with Crippen LogP contribution in [0, 0.1) is 0 Å². The van der Waals surface area contributed by atoms with Crippen LogP contribution < -0.4 is 10.4 Å². The fourth-order valence-electron chi connectivity index (χ4n) is 0.918. The first-order valence-electron chi connectivity index (χ1n) is 4.33. The Morgan fingerprint density at radius 1 is 1.25 bits per heavy atom. The van der Waals surface area contributed by atoms with Crippen LogP contribution in [0.2, 0.25) is 0 Å². The number of carbonyl (C=O) groups is 2. The smallest absolute Gasteiger partial charge is 0.548 e. The molecule has 0 unspecified atom stereocenters. The summed E-state index contributed by atoms with van der Waals surface area (Å²) in [4.78, 5) is 20.9. The van der Waals surface area contributed by atoms with Gasteiger partial charge in [0.25, 0.3) is 0 Å². The van der Waals surface area contributed by atoms with Crippen molar-refractivity contribution in [1.29, 1.82) is 0 Å². The van der Waals surface area contributed by atoms with Gasteiger partial charge in [-0.05, 0) is 5.56 Å². The molecular formula is C10H10AgNO4. The van der Waals surface area contributed by atoms with Crippen LogP contribution in [0.3, 0.4) is 0 Å². The topological polar surface area (TPSA) is 78.5 Å².